The zero-order valence-corrected chi connectivity index (χ0v) is 12.7. The topological polar surface area (TPSA) is 80.9 Å². The lowest BCUT2D eigenvalue weighted by molar-refractivity contribution is 0.0958. The molecule has 108 valence electrons. The largest absolute Gasteiger partial charge is 0.397 e. The second-order valence-electron chi connectivity index (χ2n) is 5.24. The number of nitrogen functional groups attached to an aromatic ring is 1. The molecule has 3 N–H and O–H groups in total. The van der Waals surface area contributed by atoms with Crippen LogP contribution in [0.5, 0.6) is 0 Å². The monoisotopic (exact) mass is 292 g/mol. The number of hydrogen-bond acceptors (Lipinski definition) is 5. The molecule has 0 aromatic carbocycles. The average Bonchev–Trinajstić information content (AvgIpc) is 2.76. The van der Waals surface area contributed by atoms with Crippen molar-refractivity contribution in [3.8, 4) is 0 Å². The fourth-order valence-electron chi connectivity index (χ4n) is 2.00. The molecule has 2 heterocycles. The number of nitrogens with one attached hydrogen (secondary N) is 1. The minimum Gasteiger partial charge on any atom is -0.397 e. The summed E-state index contributed by atoms with van der Waals surface area (Å²) in [4.78, 5) is 13.3. The van der Waals surface area contributed by atoms with Crippen molar-refractivity contribution in [3.05, 3.63) is 17.1 Å². The molecule has 0 aliphatic heterocycles. The summed E-state index contributed by atoms with van der Waals surface area (Å²) in [5, 5.41) is 11.5. The van der Waals surface area contributed by atoms with Gasteiger partial charge in [0, 0.05) is 11.9 Å². The Hall–Kier alpha value is -1.69. The van der Waals surface area contributed by atoms with Gasteiger partial charge >= 0.3 is 0 Å². The summed E-state index contributed by atoms with van der Waals surface area (Å²) >= 11 is 1.29. The maximum Gasteiger partial charge on any atom is 0.263 e. The predicted octanol–water partition coefficient (Wildman–Crippen LogP) is 2.83. The van der Waals surface area contributed by atoms with Crippen molar-refractivity contribution in [2.45, 2.75) is 33.1 Å². The minimum atomic E-state index is -0.116. The van der Waals surface area contributed by atoms with Gasteiger partial charge in [-0.3, -0.25) is 4.79 Å². The van der Waals surface area contributed by atoms with Gasteiger partial charge in [-0.1, -0.05) is 26.7 Å². The Balaban J connectivity index is 1.93. The molecule has 0 fully saturated rings. The Bertz CT molecular complexity index is 594. The standard InChI is InChI=1S/C14H20N4OS/c1-9(2)5-3-4-7-16-13(19)12-11(15)10-6-8-17-18-14(10)20-12/h6,8-9H,3-5,7,15H2,1-2H3,(H,16,19). The minimum absolute atomic E-state index is 0.116. The third kappa shape index (κ3) is 3.45. The van der Waals surface area contributed by atoms with Crippen molar-refractivity contribution in [1.29, 1.82) is 0 Å². The van der Waals surface area contributed by atoms with E-state index >= 15 is 0 Å². The van der Waals surface area contributed by atoms with Gasteiger partial charge < -0.3 is 11.1 Å². The Labute approximate surface area is 122 Å². The molecule has 5 nitrogen and oxygen atoms in total. The molecule has 2 aromatic rings. The van der Waals surface area contributed by atoms with Crippen LogP contribution in [-0.4, -0.2) is 22.6 Å². The van der Waals surface area contributed by atoms with Gasteiger partial charge in [0.1, 0.15) is 9.71 Å². The van der Waals surface area contributed by atoms with Crippen LogP contribution < -0.4 is 11.1 Å². The average molecular weight is 292 g/mol. The molecular weight excluding hydrogens is 272 g/mol. The first-order valence-corrected chi connectivity index (χ1v) is 7.69. The zero-order valence-electron chi connectivity index (χ0n) is 11.8. The van der Waals surface area contributed by atoms with Crippen molar-refractivity contribution >= 4 is 33.1 Å². The van der Waals surface area contributed by atoms with E-state index in [-0.39, 0.29) is 5.91 Å². The van der Waals surface area contributed by atoms with Crippen molar-refractivity contribution in [1.82, 2.24) is 15.5 Å². The molecule has 0 aliphatic carbocycles. The molecule has 0 atom stereocenters. The van der Waals surface area contributed by atoms with Gasteiger partial charge in [0.15, 0.2) is 0 Å². The molecule has 0 saturated carbocycles. The molecule has 0 radical (unpaired) electrons. The quantitative estimate of drug-likeness (QED) is 0.802. The molecular formula is C14H20N4OS. The number of carbonyl (C=O) groups excluding carboxylic acids is 1. The number of thiophene rings is 1. The van der Waals surface area contributed by atoms with E-state index in [4.69, 9.17) is 5.73 Å². The molecule has 2 aromatic heterocycles. The van der Waals surface area contributed by atoms with Crippen molar-refractivity contribution in [2.24, 2.45) is 5.92 Å². The lowest BCUT2D eigenvalue weighted by atomic mass is 10.1. The Morgan fingerprint density at radius 3 is 2.95 bits per heavy atom. The lowest BCUT2D eigenvalue weighted by Crippen LogP contribution is -2.24. The molecule has 1 amide bonds. The number of anilines is 1. The van der Waals surface area contributed by atoms with E-state index in [9.17, 15) is 4.79 Å². The number of rotatable bonds is 6. The summed E-state index contributed by atoms with van der Waals surface area (Å²) in [6.45, 7) is 5.10. The first kappa shape index (κ1) is 14.7. The molecule has 2 rings (SSSR count). The third-order valence-corrected chi connectivity index (χ3v) is 4.22. The summed E-state index contributed by atoms with van der Waals surface area (Å²) < 4.78 is 0. The van der Waals surface area contributed by atoms with E-state index in [0.717, 1.165) is 18.2 Å². The number of aromatic nitrogens is 2. The maximum absolute atomic E-state index is 12.1. The Kier molecular flexibility index (Phi) is 4.89. The number of nitrogens with two attached hydrogens (primary N) is 1. The van der Waals surface area contributed by atoms with E-state index in [1.54, 1.807) is 12.3 Å². The van der Waals surface area contributed by atoms with Crippen LogP contribution in [0.15, 0.2) is 12.3 Å². The molecule has 6 heteroatoms. The van der Waals surface area contributed by atoms with Gasteiger partial charge in [0.25, 0.3) is 5.91 Å². The van der Waals surface area contributed by atoms with Crippen LogP contribution >= 0.6 is 11.3 Å². The van der Waals surface area contributed by atoms with Crippen LogP contribution in [-0.2, 0) is 0 Å². The normalized spacial score (nSPS) is 11.2. The highest BCUT2D eigenvalue weighted by Gasteiger charge is 2.16. The Morgan fingerprint density at radius 1 is 1.45 bits per heavy atom. The van der Waals surface area contributed by atoms with Gasteiger partial charge in [-0.05, 0) is 18.4 Å². The number of carbonyl (C=O) groups is 1. The predicted molar refractivity (Wildman–Crippen MR) is 82.8 cm³/mol. The molecule has 0 saturated heterocycles. The van der Waals surface area contributed by atoms with Gasteiger partial charge in [-0.25, -0.2) is 0 Å². The highest BCUT2D eigenvalue weighted by Crippen LogP contribution is 2.31. The number of hydrogen-bond donors (Lipinski definition) is 2. The SMILES string of the molecule is CC(C)CCCCNC(=O)c1sc2nnccc2c1N. The number of unbranched alkanes of at least 4 members (excludes halogenated alkanes) is 1. The van der Waals surface area contributed by atoms with Gasteiger partial charge in [0.05, 0.1) is 11.9 Å². The smallest absolute Gasteiger partial charge is 0.263 e. The van der Waals surface area contributed by atoms with E-state index in [2.05, 4.69) is 29.4 Å². The van der Waals surface area contributed by atoms with Gasteiger partial charge in [-0.2, -0.15) is 5.10 Å². The second-order valence-corrected chi connectivity index (χ2v) is 6.24. The van der Waals surface area contributed by atoms with E-state index < -0.39 is 0 Å². The summed E-state index contributed by atoms with van der Waals surface area (Å²) in [5.74, 6) is 0.595. The highest BCUT2D eigenvalue weighted by molar-refractivity contribution is 7.21. The maximum atomic E-state index is 12.1. The fraction of sp³-hybridized carbons (Fsp3) is 0.500. The first-order valence-electron chi connectivity index (χ1n) is 6.87. The summed E-state index contributed by atoms with van der Waals surface area (Å²) in [6.07, 6.45) is 4.90. The molecule has 20 heavy (non-hydrogen) atoms. The van der Waals surface area contributed by atoms with Crippen LogP contribution in [0, 0.1) is 5.92 Å². The molecule has 0 aliphatic rings. The summed E-state index contributed by atoms with van der Waals surface area (Å²) in [6, 6.07) is 1.79. The fourth-order valence-corrected chi connectivity index (χ4v) is 2.96. The summed E-state index contributed by atoms with van der Waals surface area (Å²) in [5.41, 5.74) is 6.49. The number of amides is 1. The third-order valence-electron chi connectivity index (χ3n) is 3.12. The summed E-state index contributed by atoms with van der Waals surface area (Å²) in [7, 11) is 0. The zero-order chi connectivity index (χ0) is 14.5. The van der Waals surface area contributed by atoms with E-state index in [0.29, 0.717) is 27.9 Å². The second kappa shape index (κ2) is 6.65. The van der Waals surface area contributed by atoms with Crippen LogP contribution in [0.4, 0.5) is 5.69 Å². The van der Waals surface area contributed by atoms with Crippen LogP contribution in [0.3, 0.4) is 0 Å². The molecule has 0 spiro atoms. The van der Waals surface area contributed by atoms with E-state index in [1.165, 1.54) is 17.8 Å². The van der Waals surface area contributed by atoms with Crippen molar-refractivity contribution < 1.29 is 4.79 Å². The highest BCUT2D eigenvalue weighted by atomic mass is 32.1. The van der Waals surface area contributed by atoms with Gasteiger partial charge in [-0.15, -0.1) is 16.4 Å². The van der Waals surface area contributed by atoms with E-state index in [1.807, 2.05) is 0 Å². The van der Waals surface area contributed by atoms with Crippen LogP contribution in [0.1, 0.15) is 42.8 Å². The van der Waals surface area contributed by atoms with Crippen LogP contribution in [0.25, 0.3) is 10.2 Å². The van der Waals surface area contributed by atoms with Crippen LogP contribution in [0.2, 0.25) is 0 Å². The number of nitrogens with zero attached hydrogens (tertiary/aromatic N) is 2. The number of fused-ring (bicyclic) bond motifs is 1. The molecule has 0 unspecified atom stereocenters. The first-order chi connectivity index (χ1) is 9.59. The Morgan fingerprint density at radius 2 is 2.25 bits per heavy atom. The van der Waals surface area contributed by atoms with Gasteiger partial charge in [0.2, 0.25) is 0 Å². The lowest BCUT2D eigenvalue weighted by Gasteiger charge is -2.06. The molecule has 0 bridgehead atoms. The van der Waals surface area contributed by atoms with Crippen molar-refractivity contribution in [2.75, 3.05) is 12.3 Å². The van der Waals surface area contributed by atoms with Crippen molar-refractivity contribution in [3.63, 3.8) is 0 Å².